The van der Waals surface area contributed by atoms with Gasteiger partial charge in [-0.05, 0) is 36.8 Å². The van der Waals surface area contributed by atoms with Crippen LogP contribution in [-0.2, 0) is 0 Å². The van der Waals surface area contributed by atoms with Crippen molar-refractivity contribution < 1.29 is 9.18 Å². The number of rotatable bonds is 5. The molecular formula is C23H19FN4O. The summed E-state index contributed by atoms with van der Waals surface area (Å²) in [5.41, 5.74) is 2.88. The monoisotopic (exact) mass is 386 g/mol. The Labute approximate surface area is 167 Å². The number of carbonyl (C=O) groups is 1. The van der Waals surface area contributed by atoms with Gasteiger partial charge < -0.3 is 5.32 Å². The van der Waals surface area contributed by atoms with Crippen molar-refractivity contribution in [3.63, 3.8) is 0 Å². The minimum absolute atomic E-state index is 0.299. The van der Waals surface area contributed by atoms with Crippen LogP contribution in [0.2, 0.25) is 0 Å². The first-order valence-corrected chi connectivity index (χ1v) is 9.21. The van der Waals surface area contributed by atoms with Gasteiger partial charge in [0, 0.05) is 6.20 Å². The molecular weight excluding hydrogens is 367 g/mol. The molecule has 0 spiro atoms. The molecule has 0 aliphatic heterocycles. The first-order chi connectivity index (χ1) is 14.1. The zero-order valence-electron chi connectivity index (χ0n) is 15.8. The summed E-state index contributed by atoms with van der Waals surface area (Å²) >= 11 is 0. The highest BCUT2D eigenvalue weighted by Crippen LogP contribution is 2.22. The minimum Gasteiger partial charge on any atom is -0.339 e. The quantitative estimate of drug-likeness (QED) is 0.558. The van der Waals surface area contributed by atoms with Gasteiger partial charge >= 0.3 is 0 Å². The standard InChI is InChI=1S/C23H19FN4O/c1-16-18(15-26-28(16)21-13-6-5-11-19(21)24)23(29)27-22(17-9-3-2-4-10-17)20-12-7-8-14-25-20/h2-15,22H,1H3,(H,27,29). The Morgan fingerprint density at radius 1 is 1.00 bits per heavy atom. The van der Waals surface area contributed by atoms with Gasteiger partial charge in [-0.15, -0.1) is 0 Å². The molecule has 0 radical (unpaired) electrons. The lowest BCUT2D eigenvalue weighted by atomic mass is 10.0. The number of amides is 1. The van der Waals surface area contributed by atoms with Crippen molar-refractivity contribution in [1.29, 1.82) is 0 Å². The van der Waals surface area contributed by atoms with E-state index in [-0.39, 0.29) is 5.91 Å². The van der Waals surface area contributed by atoms with Gasteiger partial charge in [-0.25, -0.2) is 9.07 Å². The van der Waals surface area contributed by atoms with E-state index in [0.717, 1.165) is 11.3 Å². The van der Waals surface area contributed by atoms with E-state index in [0.29, 0.717) is 16.9 Å². The van der Waals surface area contributed by atoms with Crippen molar-refractivity contribution in [2.75, 3.05) is 0 Å². The van der Waals surface area contributed by atoms with Crippen LogP contribution in [0, 0.1) is 12.7 Å². The third kappa shape index (κ3) is 3.78. The number of pyridine rings is 1. The molecule has 1 N–H and O–H groups in total. The molecule has 29 heavy (non-hydrogen) atoms. The third-order valence-corrected chi connectivity index (χ3v) is 4.73. The molecule has 2 aromatic heterocycles. The van der Waals surface area contributed by atoms with Crippen molar-refractivity contribution in [3.05, 3.63) is 114 Å². The van der Waals surface area contributed by atoms with Gasteiger partial charge in [-0.3, -0.25) is 9.78 Å². The Bertz CT molecular complexity index is 1090. The van der Waals surface area contributed by atoms with E-state index in [1.807, 2.05) is 48.5 Å². The molecule has 0 saturated carbocycles. The molecule has 0 aliphatic rings. The second-order valence-corrected chi connectivity index (χ2v) is 6.58. The van der Waals surface area contributed by atoms with Crippen LogP contribution < -0.4 is 5.32 Å². The van der Waals surface area contributed by atoms with Gasteiger partial charge in [0.1, 0.15) is 11.5 Å². The average molecular weight is 386 g/mol. The van der Waals surface area contributed by atoms with Gasteiger partial charge in [-0.1, -0.05) is 48.5 Å². The largest absolute Gasteiger partial charge is 0.339 e. The lowest BCUT2D eigenvalue weighted by molar-refractivity contribution is 0.0941. The maximum Gasteiger partial charge on any atom is 0.255 e. The van der Waals surface area contributed by atoms with E-state index in [2.05, 4.69) is 15.4 Å². The number of para-hydroxylation sites is 1. The first-order valence-electron chi connectivity index (χ1n) is 9.21. The number of nitrogens with one attached hydrogen (secondary N) is 1. The van der Waals surface area contributed by atoms with Crippen LogP contribution in [0.4, 0.5) is 4.39 Å². The predicted molar refractivity (Wildman–Crippen MR) is 108 cm³/mol. The zero-order chi connectivity index (χ0) is 20.2. The lowest BCUT2D eigenvalue weighted by Crippen LogP contribution is -2.30. The van der Waals surface area contributed by atoms with Crippen molar-refractivity contribution in [3.8, 4) is 5.69 Å². The van der Waals surface area contributed by atoms with Crippen molar-refractivity contribution in [2.45, 2.75) is 13.0 Å². The first kappa shape index (κ1) is 18.6. The van der Waals surface area contributed by atoms with Gasteiger partial charge in [0.15, 0.2) is 0 Å². The topological polar surface area (TPSA) is 59.8 Å². The summed E-state index contributed by atoms with van der Waals surface area (Å²) in [5, 5.41) is 7.26. The predicted octanol–water partition coefficient (Wildman–Crippen LogP) is 4.23. The van der Waals surface area contributed by atoms with E-state index in [1.54, 1.807) is 31.3 Å². The average Bonchev–Trinajstić information content (AvgIpc) is 3.14. The normalized spacial score (nSPS) is 11.8. The van der Waals surface area contributed by atoms with Gasteiger partial charge in [0.25, 0.3) is 5.91 Å². The van der Waals surface area contributed by atoms with Crippen LogP contribution in [0.15, 0.2) is 85.2 Å². The van der Waals surface area contributed by atoms with E-state index < -0.39 is 11.9 Å². The van der Waals surface area contributed by atoms with E-state index in [1.165, 1.54) is 16.9 Å². The molecule has 1 unspecified atom stereocenters. The fourth-order valence-electron chi connectivity index (χ4n) is 3.23. The Balaban J connectivity index is 1.66. The van der Waals surface area contributed by atoms with Gasteiger partial charge in [-0.2, -0.15) is 5.10 Å². The minimum atomic E-state index is -0.416. The Kier molecular flexibility index (Phi) is 5.16. The maximum atomic E-state index is 14.1. The molecule has 0 aliphatic carbocycles. The number of hydrogen-bond donors (Lipinski definition) is 1. The summed E-state index contributed by atoms with van der Waals surface area (Å²) in [5.74, 6) is -0.703. The van der Waals surface area contributed by atoms with E-state index in [4.69, 9.17) is 0 Å². The highest BCUT2D eigenvalue weighted by Gasteiger charge is 2.22. The molecule has 4 rings (SSSR count). The van der Waals surface area contributed by atoms with E-state index in [9.17, 15) is 9.18 Å². The molecule has 1 amide bonds. The van der Waals surface area contributed by atoms with Crippen molar-refractivity contribution in [1.82, 2.24) is 20.1 Å². The molecule has 1 atom stereocenters. The van der Waals surface area contributed by atoms with Crippen LogP contribution in [0.1, 0.15) is 33.4 Å². The summed E-state index contributed by atoms with van der Waals surface area (Å²) in [7, 11) is 0. The van der Waals surface area contributed by atoms with E-state index >= 15 is 0 Å². The fourth-order valence-corrected chi connectivity index (χ4v) is 3.23. The molecule has 2 aromatic carbocycles. The molecule has 5 nitrogen and oxygen atoms in total. The van der Waals surface area contributed by atoms with Crippen LogP contribution in [0.25, 0.3) is 5.69 Å². The molecule has 2 heterocycles. The van der Waals surface area contributed by atoms with Crippen molar-refractivity contribution >= 4 is 5.91 Å². The summed E-state index contributed by atoms with van der Waals surface area (Å²) in [6, 6.07) is 21.1. The lowest BCUT2D eigenvalue weighted by Gasteiger charge is -2.19. The highest BCUT2D eigenvalue weighted by molar-refractivity contribution is 5.95. The molecule has 144 valence electrons. The fraction of sp³-hybridized carbons (Fsp3) is 0.0870. The van der Waals surface area contributed by atoms with Gasteiger partial charge in [0.2, 0.25) is 0 Å². The second-order valence-electron chi connectivity index (χ2n) is 6.58. The summed E-state index contributed by atoms with van der Waals surface area (Å²) < 4.78 is 15.6. The molecule has 0 fully saturated rings. The van der Waals surface area contributed by atoms with Crippen LogP contribution in [0.5, 0.6) is 0 Å². The smallest absolute Gasteiger partial charge is 0.255 e. The Morgan fingerprint density at radius 2 is 1.72 bits per heavy atom. The third-order valence-electron chi connectivity index (χ3n) is 4.73. The Morgan fingerprint density at radius 3 is 2.45 bits per heavy atom. The number of benzene rings is 2. The zero-order valence-corrected chi connectivity index (χ0v) is 15.8. The number of nitrogens with zero attached hydrogens (tertiary/aromatic N) is 3. The van der Waals surface area contributed by atoms with Crippen LogP contribution in [-0.4, -0.2) is 20.7 Å². The van der Waals surface area contributed by atoms with Crippen LogP contribution in [0.3, 0.4) is 0 Å². The van der Waals surface area contributed by atoms with Crippen LogP contribution >= 0.6 is 0 Å². The molecule has 6 heteroatoms. The Hall–Kier alpha value is -3.80. The molecule has 0 saturated heterocycles. The SMILES string of the molecule is Cc1c(C(=O)NC(c2ccccc2)c2ccccn2)cnn1-c1ccccc1F. The highest BCUT2D eigenvalue weighted by atomic mass is 19.1. The number of carbonyl (C=O) groups excluding carboxylic acids is 1. The molecule has 0 bridgehead atoms. The second kappa shape index (κ2) is 8.06. The maximum absolute atomic E-state index is 14.1. The van der Waals surface area contributed by atoms with Gasteiger partial charge in [0.05, 0.1) is 29.2 Å². The molecule has 4 aromatic rings. The summed E-state index contributed by atoms with van der Waals surface area (Å²) in [6.07, 6.45) is 3.15. The number of hydrogen-bond acceptors (Lipinski definition) is 3. The summed E-state index contributed by atoms with van der Waals surface area (Å²) in [6.45, 7) is 1.74. The van der Waals surface area contributed by atoms with Crippen molar-refractivity contribution in [2.24, 2.45) is 0 Å². The number of halogens is 1. The number of aromatic nitrogens is 3. The summed E-state index contributed by atoms with van der Waals surface area (Å²) in [4.78, 5) is 17.5.